The molecule has 2 aromatic carbocycles. The van der Waals surface area contributed by atoms with E-state index in [2.05, 4.69) is 6.07 Å². The third-order valence-corrected chi connectivity index (χ3v) is 8.09. The van der Waals surface area contributed by atoms with E-state index in [0.29, 0.717) is 21.4 Å². The summed E-state index contributed by atoms with van der Waals surface area (Å²) in [7, 11) is -1.06. The molecule has 2 heterocycles. The number of hydrogen-bond donors (Lipinski definition) is 0. The van der Waals surface area contributed by atoms with Gasteiger partial charge in [-0.25, -0.2) is 4.98 Å². The Labute approximate surface area is 186 Å². The lowest BCUT2D eigenvalue weighted by molar-refractivity contribution is 0.685. The van der Waals surface area contributed by atoms with E-state index in [0.717, 1.165) is 27.3 Å². The van der Waals surface area contributed by atoms with Crippen molar-refractivity contribution in [3.63, 3.8) is 0 Å². The summed E-state index contributed by atoms with van der Waals surface area (Å²) in [5.41, 5.74) is 4.24. The highest BCUT2D eigenvalue weighted by Gasteiger charge is 2.17. The Morgan fingerprint density at radius 3 is 2.40 bits per heavy atom. The fourth-order valence-electron chi connectivity index (χ4n) is 3.05. The Balaban J connectivity index is 1.66. The first-order chi connectivity index (χ1) is 14.7. The molecule has 30 heavy (non-hydrogen) atoms. The van der Waals surface area contributed by atoms with Gasteiger partial charge >= 0.3 is 0 Å². The fraction of sp³-hybridized carbons (Fsp3) is 0.0833. The smallest absolute Gasteiger partial charge is 0.116 e. The first-order valence-corrected chi connectivity index (χ1v) is 12.7. The molecule has 2 aromatic heterocycles. The Morgan fingerprint density at radius 2 is 1.73 bits per heavy atom. The van der Waals surface area contributed by atoms with E-state index in [-0.39, 0.29) is 0 Å². The number of hydrogen-bond acceptors (Lipinski definition) is 5. The van der Waals surface area contributed by atoms with Crippen LogP contribution in [-0.2, 0) is 16.6 Å². The van der Waals surface area contributed by atoms with Crippen molar-refractivity contribution in [3.8, 4) is 27.8 Å². The molecule has 4 aromatic rings. The lowest BCUT2D eigenvalue weighted by Crippen LogP contribution is -2.00. The van der Waals surface area contributed by atoms with Crippen LogP contribution in [0.5, 0.6) is 0 Å². The first kappa shape index (κ1) is 20.5. The van der Waals surface area contributed by atoms with Gasteiger partial charge in [0, 0.05) is 22.1 Å². The van der Waals surface area contributed by atoms with Crippen molar-refractivity contribution in [1.82, 2.24) is 4.98 Å². The minimum Gasteiger partial charge on any atom is -0.258 e. The molecule has 0 saturated heterocycles. The third-order valence-electron chi connectivity index (χ3n) is 4.45. The van der Waals surface area contributed by atoms with Crippen LogP contribution in [0.4, 0.5) is 0 Å². The summed E-state index contributed by atoms with van der Waals surface area (Å²) in [5, 5.41) is 12.9. The molecule has 0 amide bonds. The van der Waals surface area contributed by atoms with Gasteiger partial charge in [0.2, 0.25) is 0 Å². The molecule has 1 unspecified atom stereocenters. The summed E-state index contributed by atoms with van der Waals surface area (Å²) in [6.07, 6.45) is 0. The highest BCUT2D eigenvalue weighted by Crippen LogP contribution is 2.35. The van der Waals surface area contributed by atoms with Crippen molar-refractivity contribution in [2.24, 2.45) is 0 Å². The lowest BCUT2D eigenvalue weighted by Gasteiger charge is -2.12. The molecule has 0 spiro atoms. The van der Waals surface area contributed by atoms with Gasteiger partial charge in [-0.15, -0.1) is 11.3 Å². The van der Waals surface area contributed by atoms with Crippen LogP contribution in [0, 0.1) is 11.3 Å². The number of aromatic nitrogens is 1. The molecule has 0 aliphatic heterocycles. The Morgan fingerprint density at radius 1 is 1.00 bits per heavy atom. The largest absolute Gasteiger partial charge is 0.258 e. The van der Waals surface area contributed by atoms with Crippen molar-refractivity contribution in [1.29, 1.82) is 5.26 Å². The molecule has 1 atom stereocenters. The number of rotatable bonds is 7. The number of nitrogens with zero attached hydrogens (tertiary/aromatic N) is 2. The fourth-order valence-corrected chi connectivity index (χ4v) is 6.07. The lowest BCUT2D eigenvalue weighted by atomic mass is 10.0. The maximum absolute atomic E-state index is 12.6. The zero-order valence-corrected chi connectivity index (χ0v) is 18.5. The van der Waals surface area contributed by atoms with Crippen LogP contribution >= 0.6 is 23.1 Å². The third kappa shape index (κ3) is 4.88. The summed E-state index contributed by atoms with van der Waals surface area (Å²) >= 11 is 3.00. The van der Waals surface area contributed by atoms with Crippen LogP contribution < -0.4 is 0 Å². The van der Waals surface area contributed by atoms with E-state index in [1.54, 1.807) is 11.3 Å². The molecule has 0 N–H and O–H groups in total. The topological polar surface area (TPSA) is 53.8 Å². The van der Waals surface area contributed by atoms with Crippen LogP contribution in [0.3, 0.4) is 0 Å². The molecule has 4 rings (SSSR count). The molecule has 3 nitrogen and oxygen atoms in total. The summed E-state index contributed by atoms with van der Waals surface area (Å²) < 4.78 is 12.6. The van der Waals surface area contributed by atoms with Gasteiger partial charge in [0.05, 0.1) is 21.2 Å². The van der Waals surface area contributed by atoms with Gasteiger partial charge in [0.15, 0.2) is 0 Å². The van der Waals surface area contributed by atoms with E-state index in [9.17, 15) is 9.47 Å². The van der Waals surface area contributed by atoms with E-state index < -0.39 is 10.8 Å². The summed E-state index contributed by atoms with van der Waals surface area (Å²) in [6, 6.07) is 28.0. The van der Waals surface area contributed by atoms with Crippen LogP contribution in [0.15, 0.2) is 89.3 Å². The quantitative estimate of drug-likeness (QED) is 0.311. The summed E-state index contributed by atoms with van der Waals surface area (Å²) in [5.74, 6) is 0.492. The van der Waals surface area contributed by atoms with Gasteiger partial charge in [0.25, 0.3) is 0 Å². The highest BCUT2D eigenvalue weighted by molar-refractivity contribution is 8.10. The van der Waals surface area contributed by atoms with Crippen molar-refractivity contribution >= 4 is 33.9 Å². The Bertz CT molecular complexity index is 1180. The van der Waals surface area contributed by atoms with Crippen molar-refractivity contribution in [3.05, 3.63) is 95.4 Å². The predicted molar refractivity (Wildman–Crippen MR) is 127 cm³/mol. The number of thiophene rings is 1. The van der Waals surface area contributed by atoms with Crippen LogP contribution in [-0.4, -0.2) is 14.3 Å². The normalized spacial score (nSPS) is 11.7. The number of thioether (sulfide) groups is 1. The molecule has 0 aliphatic carbocycles. The van der Waals surface area contributed by atoms with Gasteiger partial charge in [-0.05, 0) is 28.6 Å². The molecule has 0 bridgehead atoms. The average Bonchev–Trinajstić information content (AvgIpc) is 3.33. The van der Waals surface area contributed by atoms with Crippen molar-refractivity contribution in [2.45, 2.75) is 10.8 Å². The predicted octanol–water partition coefficient (Wildman–Crippen LogP) is 6.35. The molecule has 0 radical (unpaired) electrons. The standard InChI is InChI=1S/C24H18N2OS3/c25-15-21-20(19-10-5-2-6-11-19)14-22(23-12-7-13-28-23)26-24(21)29-17-30(27)16-18-8-3-1-4-9-18/h1-14H,16-17H2. The maximum Gasteiger partial charge on any atom is 0.116 e. The molecule has 148 valence electrons. The summed E-state index contributed by atoms with van der Waals surface area (Å²) in [6.45, 7) is 0. The van der Waals surface area contributed by atoms with E-state index in [4.69, 9.17) is 4.98 Å². The Kier molecular flexibility index (Phi) is 6.75. The summed E-state index contributed by atoms with van der Waals surface area (Å²) in [4.78, 5) is 5.81. The van der Waals surface area contributed by atoms with Gasteiger partial charge < -0.3 is 0 Å². The van der Waals surface area contributed by atoms with E-state index in [1.807, 2.05) is 84.2 Å². The average molecular weight is 447 g/mol. The number of nitriles is 1. The highest BCUT2D eigenvalue weighted by atomic mass is 32.2. The maximum atomic E-state index is 12.6. The zero-order valence-electron chi connectivity index (χ0n) is 16.0. The van der Waals surface area contributed by atoms with Gasteiger partial charge in [0.1, 0.15) is 11.1 Å². The van der Waals surface area contributed by atoms with Crippen LogP contribution in [0.25, 0.3) is 21.7 Å². The van der Waals surface area contributed by atoms with Crippen LogP contribution in [0.2, 0.25) is 0 Å². The first-order valence-electron chi connectivity index (χ1n) is 9.31. The number of pyridine rings is 1. The SMILES string of the molecule is N#Cc1c(-c2ccccc2)cc(-c2cccs2)nc1SCS(=O)Cc1ccccc1. The van der Waals surface area contributed by atoms with Crippen LogP contribution in [0.1, 0.15) is 11.1 Å². The second-order valence-corrected chi connectivity index (χ2v) is 10.3. The Hall–Kier alpha value is -2.72. The molecule has 0 saturated carbocycles. The van der Waals surface area contributed by atoms with Crippen molar-refractivity contribution in [2.75, 3.05) is 5.08 Å². The molecular weight excluding hydrogens is 428 g/mol. The van der Waals surface area contributed by atoms with E-state index >= 15 is 0 Å². The second kappa shape index (κ2) is 9.86. The monoisotopic (exact) mass is 446 g/mol. The minimum atomic E-state index is -1.06. The minimum absolute atomic E-state index is 0.388. The molecule has 0 fully saturated rings. The molecule has 6 heteroatoms. The second-order valence-electron chi connectivity index (χ2n) is 6.52. The molecular formula is C24H18N2OS3. The van der Waals surface area contributed by atoms with E-state index in [1.165, 1.54) is 11.8 Å². The van der Waals surface area contributed by atoms with Gasteiger partial charge in [-0.2, -0.15) is 5.26 Å². The van der Waals surface area contributed by atoms with Gasteiger partial charge in [-0.3, -0.25) is 4.21 Å². The van der Waals surface area contributed by atoms with Gasteiger partial charge in [-0.1, -0.05) is 78.5 Å². The van der Waals surface area contributed by atoms with Crippen molar-refractivity contribution < 1.29 is 4.21 Å². The number of benzene rings is 2. The zero-order chi connectivity index (χ0) is 20.8. The molecule has 0 aliphatic rings.